The fourth-order valence-corrected chi connectivity index (χ4v) is 3.11. The summed E-state index contributed by atoms with van der Waals surface area (Å²) in [7, 11) is 1.55. The number of ether oxygens (including phenoxy) is 3. The largest absolute Gasteiger partial charge is 0.487 e. The number of non-ortho nitro benzene ring substituents is 1. The number of nitro groups is 1. The van der Waals surface area contributed by atoms with Crippen molar-refractivity contribution in [3.8, 4) is 17.0 Å². The molecule has 36 heavy (non-hydrogen) atoms. The second-order valence-corrected chi connectivity index (χ2v) is 7.37. The van der Waals surface area contributed by atoms with Crippen molar-refractivity contribution in [3.63, 3.8) is 0 Å². The van der Waals surface area contributed by atoms with Gasteiger partial charge in [0.2, 0.25) is 5.76 Å². The molecule has 0 bridgehead atoms. The number of nitrogens with zero attached hydrogens (tertiary/aromatic N) is 3. The fraction of sp³-hybridized carbons (Fsp3) is 0.192. The van der Waals surface area contributed by atoms with Gasteiger partial charge in [0.25, 0.3) is 5.69 Å². The number of benzene rings is 2. The van der Waals surface area contributed by atoms with Gasteiger partial charge in [-0.25, -0.2) is 9.59 Å². The van der Waals surface area contributed by atoms with Gasteiger partial charge in [0.1, 0.15) is 5.75 Å². The lowest BCUT2D eigenvalue weighted by molar-refractivity contribution is -0.384. The minimum Gasteiger partial charge on any atom is -0.487 e. The maximum Gasteiger partial charge on any atom is 0.419 e. The summed E-state index contributed by atoms with van der Waals surface area (Å²) in [4.78, 5) is 40.6. The summed E-state index contributed by atoms with van der Waals surface area (Å²) >= 11 is 0. The van der Waals surface area contributed by atoms with E-state index in [2.05, 4.69) is 4.98 Å². The molecule has 0 aliphatic heterocycles. The summed E-state index contributed by atoms with van der Waals surface area (Å²) in [5.74, 6) is -0.253. The zero-order valence-electron chi connectivity index (χ0n) is 20.0. The Kier molecular flexibility index (Phi) is 8.71. The lowest BCUT2D eigenvalue weighted by Gasteiger charge is -2.17. The van der Waals surface area contributed by atoms with E-state index in [1.807, 2.05) is 6.07 Å². The predicted molar refractivity (Wildman–Crippen MR) is 133 cm³/mol. The number of carbonyl (C=O) groups is 2. The standard InChI is InChI=1S/C26H25N3O7/c1-4-34-24(25(30)35-5-2)15-18-9-14-23(27-17-18)19-7-6-8-21(16-19)28(3)26(31)36-22-12-10-20(11-13-22)29(32)33/h6-17H,4-5H2,1-3H3. The van der Waals surface area contributed by atoms with Gasteiger partial charge in [0.15, 0.2) is 0 Å². The van der Waals surface area contributed by atoms with Crippen molar-refractivity contribution in [3.05, 3.63) is 88.3 Å². The van der Waals surface area contributed by atoms with Crippen LogP contribution < -0.4 is 9.64 Å². The number of hydrogen-bond donors (Lipinski definition) is 0. The summed E-state index contributed by atoms with van der Waals surface area (Å²) in [6.07, 6.45) is 2.51. The van der Waals surface area contributed by atoms with Crippen LogP contribution >= 0.6 is 0 Å². The van der Waals surface area contributed by atoms with Gasteiger partial charge in [0.05, 0.1) is 23.8 Å². The summed E-state index contributed by atoms with van der Waals surface area (Å²) in [6.45, 7) is 4.06. The van der Waals surface area contributed by atoms with Crippen LogP contribution in [0.2, 0.25) is 0 Å². The Morgan fingerprint density at radius 2 is 1.75 bits per heavy atom. The van der Waals surface area contributed by atoms with Gasteiger partial charge in [-0.05, 0) is 55.8 Å². The molecule has 1 heterocycles. The van der Waals surface area contributed by atoms with Crippen molar-refractivity contribution in [2.75, 3.05) is 25.2 Å². The van der Waals surface area contributed by atoms with Crippen molar-refractivity contribution in [1.82, 2.24) is 4.98 Å². The molecule has 0 radical (unpaired) electrons. The van der Waals surface area contributed by atoms with Crippen LogP contribution in [-0.2, 0) is 14.3 Å². The third kappa shape index (κ3) is 6.66. The first kappa shape index (κ1) is 25.9. The van der Waals surface area contributed by atoms with E-state index in [9.17, 15) is 19.7 Å². The maximum absolute atomic E-state index is 12.6. The monoisotopic (exact) mass is 491 g/mol. The van der Waals surface area contributed by atoms with Crippen molar-refractivity contribution in [2.24, 2.45) is 0 Å². The Morgan fingerprint density at radius 3 is 2.36 bits per heavy atom. The molecule has 10 heteroatoms. The number of carbonyl (C=O) groups excluding carboxylic acids is 2. The Labute approximate surface area is 207 Å². The third-order valence-corrected chi connectivity index (χ3v) is 4.92. The molecule has 3 aromatic rings. The molecule has 3 rings (SSSR count). The molecule has 0 unspecified atom stereocenters. The van der Waals surface area contributed by atoms with E-state index in [0.29, 0.717) is 23.6 Å². The number of hydrogen-bond acceptors (Lipinski definition) is 8. The molecular formula is C26H25N3O7. The van der Waals surface area contributed by atoms with Crippen LogP contribution in [0.25, 0.3) is 17.3 Å². The molecule has 0 aliphatic rings. The molecular weight excluding hydrogens is 466 g/mol. The van der Waals surface area contributed by atoms with Crippen LogP contribution in [0, 0.1) is 10.1 Å². The first-order chi connectivity index (χ1) is 17.3. The quantitative estimate of drug-likeness (QED) is 0.131. The van der Waals surface area contributed by atoms with Crippen LogP contribution in [0.4, 0.5) is 16.2 Å². The number of anilines is 1. The molecule has 10 nitrogen and oxygen atoms in total. The van der Waals surface area contributed by atoms with Crippen LogP contribution in [0.3, 0.4) is 0 Å². The highest BCUT2D eigenvalue weighted by atomic mass is 16.6. The average Bonchev–Trinajstić information content (AvgIpc) is 2.89. The van der Waals surface area contributed by atoms with E-state index < -0.39 is 17.0 Å². The Hall–Kier alpha value is -4.73. The first-order valence-corrected chi connectivity index (χ1v) is 11.1. The van der Waals surface area contributed by atoms with Crippen molar-refractivity contribution in [1.29, 1.82) is 0 Å². The highest BCUT2D eigenvalue weighted by molar-refractivity contribution is 5.91. The Morgan fingerprint density at radius 1 is 1.03 bits per heavy atom. The minimum atomic E-state index is -0.656. The topological polar surface area (TPSA) is 121 Å². The molecule has 0 fully saturated rings. The second kappa shape index (κ2) is 12.1. The average molecular weight is 492 g/mol. The smallest absolute Gasteiger partial charge is 0.419 e. The van der Waals surface area contributed by atoms with E-state index in [1.165, 1.54) is 29.2 Å². The van der Waals surface area contributed by atoms with Crippen molar-refractivity contribution in [2.45, 2.75) is 13.8 Å². The van der Waals surface area contributed by atoms with Crippen LogP contribution in [0.5, 0.6) is 5.75 Å². The van der Waals surface area contributed by atoms with Gasteiger partial charge in [-0.15, -0.1) is 0 Å². The minimum absolute atomic E-state index is 0.0973. The highest BCUT2D eigenvalue weighted by Gasteiger charge is 2.16. The molecule has 0 saturated carbocycles. The zero-order valence-corrected chi connectivity index (χ0v) is 20.0. The molecule has 0 atom stereocenters. The lowest BCUT2D eigenvalue weighted by Crippen LogP contribution is -2.29. The number of amides is 1. The van der Waals surface area contributed by atoms with Gasteiger partial charge >= 0.3 is 12.1 Å². The summed E-state index contributed by atoms with van der Waals surface area (Å²) in [6, 6.07) is 16.0. The SMILES string of the molecule is CCOC(=O)C(=Cc1ccc(-c2cccc(N(C)C(=O)Oc3ccc([N+](=O)[O-])cc3)c2)nc1)OCC. The van der Waals surface area contributed by atoms with Gasteiger partial charge < -0.3 is 14.2 Å². The van der Waals surface area contributed by atoms with Gasteiger partial charge in [-0.2, -0.15) is 0 Å². The molecule has 1 amide bonds. The normalized spacial score (nSPS) is 10.9. The zero-order chi connectivity index (χ0) is 26.1. The van der Waals surface area contributed by atoms with E-state index >= 15 is 0 Å². The fourth-order valence-electron chi connectivity index (χ4n) is 3.11. The van der Waals surface area contributed by atoms with Crippen LogP contribution in [-0.4, -0.2) is 42.2 Å². The number of nitro benzene ring substituents is 1. The number of rotatable bonds is 9. The van der Waals surface area contributed by atoms with E-state index in [-0.39, 0.29) is 23.8 Å². The maximum atomic E-state index is 12.6. The van der Waals surface area contributed by atoms with E-state index in [0.717, 1.165) is 5.56 Å². The molecule has 186 valence electrons. The van der Waals surface area contributed by atoms with Crippen molar-refractivity contribution >= 4 is 29.5 Å². The first-order valence-electron chi connectivity index (χ1n) is 11.1. The third-order valence-electron chi connectivity index (χ3n) is 4.92. The molecule has 0 N–H and O–H groups in total. The van der Waals surface area contributed by atoms with E-state index in [1.54, 1.807) is 63.5 Å². The molecule has 0 spiro atoms. The molecule has 0 saturated heterocycles. The summed E-state index contributed by atoms with van der Waals surface area (Å²) in [5.41, 5.74) is 2.54. The Bertz CT molecular complexity index is 1260. The highest BCUT2D eigenvalue weighted by Crippen LogP contribution is 2.25. The summed E-state index contributed by atoms with van der Waals surface area (Å²) < 4.78 is 15.7. The van der Waals surface area contributed by atoms with Gasteiger partial charge in [-0.3, -0.25) is 20.0 Å². The second-order valence-electron chi connectivity index (χ2n) is 7.37. The predicted octanol–water partition coefficient (Wildman–Crippen LogP) is 5.23. The molecule has 1 aromatic heterocycles. The lowest BCUT2D eigenvalue weighted by atomic mass is 10.1. The molecule has 0 aliphatic carbocycles. The number of pyridine rings is 1. The summed E-state index contributed by atoms with van der Waals surface area (Å²) in [5, 5.41) is 10.8. The van der Waals surface area contributed by atoms with Gasteiger partial charge in [-0.1, -0.05) is 18.2 Å². The Balaban J connectivity index is 1.74. The molecule has 2 aromatic carbocycles. The van der Waals surface area contributed by atoms with Gasteiger partial charge in [0, 0.05) is 36.6 Å². The van der Waals surface area contributed by atoms with E-state index in [4.69, 9.17) is 14.2 Å². The van der Waals surface area contributed by atoms with Crippen molar-refractivity contribution < 1.29 is 28.7 Å². The number of esters is 1. The number of aromatic nitrogens is 1. The van der Waals surface area contributed by atoms with Crippen LogP contribution in [0.1, 0.15) is 19.4 Å². The van der Waals surface area contributed by atoms with Crippen LogP contribution in [0.15, 0.2) is 72.6 Å².